The van der Waals surface area contributed by atoms with E-state index < -0.39 is 0 Å². The highest BCUT2D eigenvalue weighted by Gasteiger charge is 2.11. The molecule has 0 aliphatic carbocycles. The average Bonchev–Trinajstić information content (AvgIpc) is 2.69. The summed E-state index contributed by atoms with van der Waals surface area (Å²) in [6.07, 6.45) is 24.2. The van der Waals surface area contributed by atoms with E-state index in [2.05, 4.69) is 50.7 Å². The largest absolute Gasteiger partial charge is 0.143 e. The van der Waals surface area contributed by atoms with Crippen LogP contribution in [0.25, 0.3) is 0 Å². The molecule has 0 spiro atoms. The van der Waals surface area contributed by atoms with E-state index in [0.717, 1.165) is 0 Å². The summed E-state index contributed by atoms with van der Waals surface area (Å²) in [5, 5.41) is 0. The van der Waals surface area contributed by atoms with Crippen LogP contribution < -0.4 is 0 Å². The lowest BCUT2D eigenvalue weighted by Gasteiger charge is -2.17. The van der Waals surface area contributed by atoms with Gasteiger partial charge < -0.3 is 0 Å². The summed E-state index contributed by atoms with van der Waals surface area (Å²) in [6, 6.07) is 8.64. The molecule has 0 heterocycles. The Morgan fingerprint density at radius 2 is 1.07 bits per heavy atom. The van der Waals surface area contributed by atoms with Gasteiger partial charge in [-0.05, 0) is 30.4 Å². The zero-order chi connectivity index (χ0) is 19.6. The van der Waals surface area contributed by atoms with Gasteiger partial charge in [-0.15, -0.1) is 12.6 Å². The summed E-state index contributed by atoms with van der Waals surface area (Å²) in [5.41, 5.74) is 1.45. The van der Waals surface area contributed by atoms with Gasteiger partial charge in [0.1, 0.15) is 0 Å². The maximum absolute atomic E-state index is 4.64. The fourth-order valence-corrected chi connectivity index (χ4v) is 4.52. The molecule has 1 aromatic carbocycles. The van der Waals surface area contributed by atoms with Gasteiger partial charge in [0.25, 0.3) is 0 Å². The lowest BCUT2D eigenvalue weighted by Crippen LogP contribution is -1.99. The molecule has 0 bridgehead atoms. The summed E-state index contributed by atoms with van der Waals surface area (Å²) in [5.74, 6) is 0.695. The topological polar surface area (TPSA) is 0 Å². The second-order valence-electron chi connectivity index (χ2n) is 8.40. The highest BCUT2D eigenvalue weighted by molar-refractivity contribution is 7.80. The first-order valence-corrected chi connectivity index (χ1v) is 12.5. The van der Waals surface area contributed by atoms with Crippen LogP contribution in [0.4, 0.5) is 0 Å². The van der Waals surface area contributed by atoms with Gasteiger partial charge in [-0.2, -0.15) is 0 Å². The minimum Gasteiger partial charge on any atom is -0.143 e. The van der Waals surface area contributed by atoms with Gasteiger partial charge in [0.05, 0.1) is 0 Å². The fraction of sp³-hybridized carbons (Fsp3) is 0.769. The van der Waals surface area contributed by atoms with Crippen molar-refractivity contribution in [2.45, 2.75) is 134 Å². The van der Waals surface area contributed by atoms with E-state index in [4.69, 9.17) is 0 Å². The molecule has 1 atom stereocenters. The molecule has 0 fully saturated rings. The number of rotatable bonds is 18. The van der Waals surface area contributed by atoms with E-state index in [-0.39, 0.29) is 0 Å². The van der Waals surface area contributed by atoms with Crippen LogP contribution in [0.1, 0.15) is 134 Å². The van der Waals surface area contributed by atoms with Crippen molar-refractivity contribution in [1.29, 1.82) is 0 Å². The van der Waals surface area contributed by atoms with E-state index in [9.17, 15) is 0 Å². The molecule has 1 rings (SSSR count). The number of unbranched alkanes of at least 4 members (excludes halogenated alkanes) is 14. The molecule has 156 valence electrons. The van der Waals surface area contributed by atoms with Crippen LogP contribution in [0, 0.1) is 0 Å². The third-order valence-corrected chi connectivity index (χ3v) is 6.43. The highest BCUT2D eigenvalue weighted by atomic mass is 32.1. The lowest BCUT2D eigenvalue weighted by atomic mass is 9.90. The molecule has 0 aliphatic rings. The van der Waals surface area contributed by atoms with Crippen LogP contribution >= 0.6 is 12.6 Å². The van der Waals surface area contributed by atoms with E-state index in [1.807, 2.05) is 0 Å². The Balaban J connectivity index is 1.89. The van der Waals surface area contributed by atoms with Gasteiger partial charge in [-0.1, -0.05) is 128 Å². The Morgan fingerprint density at radius 3 is 1.52 bits per heavy atom. The van der Waals surface area contributed by atoms with Crippen LogP contribution in [0.15, 0.2) is 29.2 Å². The van der Waals surface area contributed by atoms with Gasteiger partial charge in [0, 0.05) is 4.90 Å². The van der Waals surface area contributed by atoms with Crippen LogP contribution in [0.3, 0.4) is 0 Å². The highest BCUT2D eigenvalue weighted by Crippen LogP contribution is 2.30. The summed E-state index contributed by atoms with van der Waals surface area (Å²) >= 11 is 4.64. The first-order valence-electron chi connectivity index (χ1n) is 12.1. The summed E-state index contributed by atoms with van der Waals surface area (Å²) in [6.45, 7) is 4.61. The van der Waals surface area contributed by atoms with Crippen molar-refractivity contribution in [3.63, 3.8) is 0 Å². The Kier molecular flexibility index (Phi) is 16.1. The second kappa shape index (κ2) is 17.7. The van der Waals surface area contributed by atoms with Crippen molar-refractivity contribution in [3.8, 4) is 0 Å². The SMILES string of the molecule is CCCCCCCCCCCCCCCCCC(CC)c1ccccc1S. The molecule has 0 saturated heterocycles. The summed E-state index contributed by atoms with van der Waals surface area (Å²) in [4.78, 5) is 1.17. The van der Waals surface area contributed by atoms with Crippen molar-refractivity contribution < 1.29 is 0 Å². The minimum absolute atomic E-state index is 0.695. The van der Waals surface area contributed by atoms with Crippen LogP contribution in [-0.4, -0.2) is 0 Å². The molecule has 1 aromatic rings. The summed E-state index contributed by atoms with van der Waals surface area (Å²) < 4.78 is 0. The van der Waals surface area contributed by atoms with Gasteiger partial charge in [0.15, 0.2) is 0 Å². The maximum atomic E-state index is 4.64. The fourth-order valence-electron chi connectivity index (χ4n) is 4.17. The zero-order valence-electron chi connectivity index (χ0n) is 18.4. The lowest BCUT2D eigenvalue weighted by molar-refractivity contribution is 0.510. The quantitative estimate of drug-likeness (QED) is 0.187. The predicted octanol–water partition coefficient (Wildman–Crippen LogP) is 9.73. The van der Waals surface area contributed by atoms with Crippen LogP contribution in [0.2, 0.25) is 0 Å². The maximum Gasteiger partial charge on any atom is 0.00748 e. The first-order chi connectivity index (χ1) is 13.3. The van der Waals surface area contributed by atoms with E-state index in [1.165, 1.54) is 120 Å². The first kappa shape index (κ1) is 24.6. The third-order valence-electron chi connectivity index (χ3n) is 6.03. The number of hydrogen-bond donors (Lipinski definition) is 1. The zero-order valence-corrected chi connectivity index (χ0v) is 19.2. The van der Waals surface area contributed by atoms with E-state index >= 15 is 0 Å². The Morgan fingerprint density at radius 1 is 0.630 bits per heavy atom. The minimum atomic E-state index is 0.695. The molecule has 0 aromatic heterocycles. The Bertz CT molecular complexity index is 440. The molecular formula is C26H46S. The Labute approximate surface area is 176 Å². The van der Waals surface area contributed by atoms with Gasteiger partial charge in [0.2, 0.25) is 0 Å². The van der Waals surface area contributed by atoms with Crippen LogP contribution in [0.5, 0.6) is 0 Å². The molecule has 1 unspecified atom stereocenters. The normalized spacial score (nSPS) is 12.4. The molecule has 0 saturated carbocycles. The van der Waals surface area contributed by atoms with Crippen LogP contribution in [-0.2, 0) is 0 Å². The predicted molar refractivity (Wildman–Crippen MR) is 126 cm³/mol. The van der Waals surface area contributed by atoms with Crippen molar-refractivity contribution in [2.75, 3.05) is 0 Å². The smallest absolute Gasteiger partial charge is 0.00748 e. The van der Waals surface area contributed by atoms with E-state index in [1.54, 1.807) is 0 Å². The monoisotopic (exact) mass is 390 g/mol. The molecule has 27 heavy (non-hydrogen) atoms. The molecule has 0 aliphatic heterocycles. The average molecular weight is 391 g/mol. The third kappa shape index (κ3) is 12.6. The summed E-state index contributed by atoms with van der Waals surface area (Å²) in [7, 11) is 0. The molecule has 1 heteroatoms. The standard InChI is InChI=1S/C26H46S/c1-3-5-6-7-8-9-10-11-12-13-14-15-16-17-18-21-24(4-2)25-22-19-20-23-26(25)27/h19-20,22-24,27H,3-18,21H2,1-2H3. The van der Waals surface area contributed by atoms with Gasteiger partial charge in [-0.25, -0.2) is 0 Å². The molecule has 0 amide bonds. The van der Waals surface area contributed by atoms with Crippen molar-refractivity contribution in [2.24, 2.45) is 0 Å². The molecular weight excluding hydrogens is 344 g/mol. The van der Waals surface area contributed by atoms with Crippen molar-refractivity contribution in [1.82, 2.24) is 0 Å². The second-order valence-corrected chi connectivity index (χ2v) is 8.88. The number of thiol groups is 1. The van der Waals surface area contributed by atoms with Gasteiger partial charge in [-0.3, -0.25) is 0 Å². The van der Waals surface area contributed by atoms with Crippen molar-refractivity contribution in [3.05, 3.63) is 29.8 Å². The number of benzene rings is 1. The van der Waals surface area contributed by atoms with E-state index in [0.29, 0.717) is 5.92 Å². The Hall–Kier alpha value is -0.430. The molecule has 0 nitrogen and oxygen atoms in total. The van der Waals surface area contributed by atoms with Gasteiger partial charge >= 0.3 is 0 Å². The van der Waals surface area contributed by atoms with Crippen molar-refractivity contribution >= 4 is 12.6 Å². The number of hydrogen-bond acceptors (Lipinski definition) is 1. The molecule has 0 radical (unpaired) electrons. The molecule has 0 N–H and O–H groups in total.